The summed E-state index contributed by atoms with van der Waals surface area (Å²) < 4.78 is 58.1. The van der Waals surface area contributed by atoms with E-state index in [2.05, 4.69) is 9.62 Å². The molecule has 1 aromatic rings. The number of anilines is 1. The van der Waals surface area contributed by atoms with E-state index in [-0.39, 0.29) is 29.3 Å². The number of sulfonamides is 2. The van der Waals surface area contributed by atoms with Gasteiger partial charge < -0.3 is 4.74 Å². The van der Waals surface area contributed by atoms with Crippen LogP contribution in [0.15, 0.2) is 23.1 Å². The molecule has 0 saturated carbocycles. The molecule has 1 amide bonds. The highest BCUT2D eigenvalue weighted by molar-refractivity contribution is 7.94. The van der Waals surface area contributed by atoms with Crippen molar-refractivity contribution < 1.29 is 26.4 Å². The molecule has 0 atom stereocenters. The molecule has 0 bridgehead atoms. The first-order chi connectivity index (χ1) is 12.7. The molecule has 0 radical (unpaired) electrons. The van der Waals surface area contributed by atoms with Crippen molar-refractivity contribution in [3.8, 4) is 0 Å². The maximum atomic E-state index is 12.7. The lowest BCUT2D eigenvalue weighted by Gasteiger charge is -2.26. The van der Waals surface area contributed by atoms with Gasteiger partial charge in [-0.2, -0.15) is 0 Å². The molecule has 11 heteroatoms. The van der Waals surface area contributed by atoms with Gasteiger partial charge in [0.1, 0.15) is 0 Å². The van der Waals surface area contributed by atoms with Gasteiger partial charge in [-0.3, -0.25) is 9.69 Å². The van der Waals surface area contributed by atoms with Crippen molar-refractivity contribution in [2.45, 2.75) is 18.2 Å². The molecule has 2 heterocycles. The number of rotatable bonds is 6. The summed E-state index contributed by atoms with van der Waals surface area (Å²) in [4.78, 5) is 14.0. The minimum absolute atomic E-state index is 0.0307. The van der Waals surface area contributed by atoms with Gasteiger partial charge in [-0.1, -0.05) is 6.07 Å². The van der Waals surface area contributed by atoms with E-state index >= 15 is 0 Å². The predicted octanol–water partition coefficient (Wildman–Crippen LogP) is -0.328. The molecule has 9 nitrogen and oxygen atoms in total. The Hall–Kier alpha value is -1.53. The lowest BCUT2D eigenvalue weighted by Crippen LogP contribution is -2.41. The fourth-order valence-electron chi connectivity index (χ4n) is 3.11. The monoisotopic (exact) mass is 417 g/mol. The number of hydrogen-bond acceptors (Lipinski definition) is 7. The molecule has 2 aliphatic heterocycles. The van der Waals surface area contributed by atoms with Crippen molar-refractivity contribution in [3.05, 3.63) is 23.8 Å². The summed E-state index contributed by atoms with van der Waals surface area (Å²) in [6.45, 7) is 5.18. The Morgan fingerprint density at radius 1 is 1.22 bits per heavy atom. The van der Waals surface area contributed by atoms with Gasteiger partial charge in [0.15, 0.2) is 0 Å². The predicted molar refractivity (Wildman–Crippen MR) is 99.5 cm³/mol. The number of carbonyl (C=O) groups is 1. The van der Waals surface area contributed by atoms with E-state index in [1.165, 1.54) is 18.2 Å². The van der Waals surface area contributed by atoms with Crippen LogP contribution in [0.25, 0.3) is 0 Å². The fraction of sp³-hybridized carbons (Fsp3) is 0.562. The summed E-state index contributed by atoms with van der Waals surface area (Å²) in [6, 6.07) is 4.20. The van der Waals surface area contributed by atoms with E-state index in [9.17, 15) is 21.6 Å². The molecule has 2 saturated heterocycles. The van der Waals surface area contributed by atoms with Crippen LogP contribution in [-0.4, -0.2) is 72.8 Å². The molecule has 3 rings (SSSR count). The van der Waals surface area contributed by atoms with E-state index in [0.29, 0.717) is 29.6 Å². The molecule has 27 heavy (non-hydrogen) atoms. The third kappa shape index (κ3) is 4.49. The molecule has 0 unspecified atom stereocenters. The second-order valence-electron chi connectivity index (χ2n) is 6.53. The molecule has 150 valence electrons. The highest BCUT2D eigenvalue weighted by Gasteiger charge is 2.37. The van der Waals surface area contributed by atoms with Crippen LogP contribution in [-0.2, 0) is 29.6 Å². The number of amides is 1. The van der Waals surface area contributed by atoms with E-state index < -0.39 is 26.0 Å². The quantitative estimate of drug-likeness (QED) is 0.674. The first-order valence-electron chi connectivity index (χ1n) is 8.67. The molecular formula is C16H23N3O6S2. The smallest absolute Gasteiger partial charge is 0.242 e. The summed E-state index contributed by atoms with van der Waals surface area (Å²) in [5.74, 6) is -0.818. The number of morpholine rings is 1. The highest BCUT2D eigenvalue weighted by atomic mass is 32.2. The van der Waals surface area contributed by atoms with Crippen molar-refractivity contribution in [1.29, 1.82) is 0 Å². The van der Waals surface area contributed by atoms with Gasteiger partial charge in [-0.25, -0.2) is 25.9 Å². The standard InChI is InChI=1S/C16H23N3O6S2/c1-13-2-3-14(19-16(20)4-11-26(19,21)22)12-15(13)27(23,24)17-5-6-18-7-9-25-10-8-18/h2-3,12,17H,4-11H2,1H3. The number of benzene rings is 1. The van der Waals surface area contributed by atoms with Gasteiger partial charge in [0, 0.05) is 32.6 Å². The normalized spacial score (nSPS) is 20.9. The van der Waals surface area contributed by atoms with Gasteiger partial charge in [-0.15, -0.1) is 0 Å². The van der Waals surface area contributed by atoms with Crippen LogP contribution in [0, 0.1) is 6.92 Å². The van der Waals surface area contributed by atoms with Crippen molar-refractivity contribution in [2.75, 3.05) is 49.5 Å². The third-order valence-corrected chi connectivity index (χ3v) is 7.89. The van der Waals surface area contributed by atoms with Crippen LogP contribution in [0.4, 0.5) is 5.69 Å². The number of aryl methyl sites for hydroxylation is 1. The number of ether oxygens (including phenoxy) is 1. The number of hydrogen-bond donors (Lipinski definition) is 1. The van der Waals surface area contributed by atoms with Crippen LogP contribution in [0.2, 0.25) is 0 Å². The van der Waals surface area contributed by atoms with Crippen molar-refractivity contribution >= 4 is 31.6 Å². The van der Waals surface area contributed by atoms with Crippen LogP contribution in [0.5, 0.6) is 0 Å². The van der Waals surface area contributed by atoms with Crippen LogP contribution in [0.1, 0.15) is 12.0 Å². The van der Waals surface area contributed by atoms with E-state index in [1.54, 1.807) is 6.92 Å². The van der Waals surface area contributed by atoms with E-state index in [4.69, 9.17) is 4.74 Å². The SMILES string of the molecule is Cc1ccc(N2C(=O)CCS2(=O)=O)cc1S(=O)(=O)NCCN1CCOCC1. The molecule has 1 aromatic carbocycles. The summed E-state index contributed by atoms with van der Waals surface area (Å²) >= 11 is 0. The van der Waals surface area contributed by atoms with Crippen LogP contribution < -0.4 is 9.03 Å². The second kappa shape index (κ2) is 7.84. The number of nitrogens with zero attached hydrogens (tertiary/aromatic N) is 2. The van der Waals surface area contributed by atoms with Crippen LogP contribution in [0.3, 0.4) is 0 Å². The largest absolute Gasteiger partial charge is 0.379 e. The summed E-state index contributed by atoms with van der Waals surface area (Å²) in [6.07, 6.45) is -0.101. The number of nitrogens with one attached hydrogen (secondary N) is 1. The van der Waals surface area contributed by atoms with Crippen molar-refractivity contribution in [3.63, 3.8) is 0 Å². The molecule has 0 spiro atoms. The van der Waals surface area contributed by atoms with Gasteiger partial charge in [-0.05, 0) is 24.6 Å². The van der Waals surface area contributed by atoms with Gasteiger partial charge in [0.2, 0.25) is 26.0 Å². The zero-order valence-electron chi connectivity index (χ0n) is 15.0. The Kier molecular flexibility index (Phi) is 5.87. The molecular weight excluding hydrogens is 394 g/mol. The molecule has 0 aromatic heterocycles. The van der Waals surface area contributed by atoms with Gasteiger partial charge >= 0.3 is 0 Å². The Morgan fingerprint density at radius 2 is 1.93 bits per heavy atom. The van der Waals surface area contributed by atoms with Gasteiger partial charge in [0.25, 0.3) is 0 Å². The Bertz CT molecular complexity index is 923. The average molecular weight is 418 g/mol. The lowest BCUT2D eigenvalue weighted by atomic mass is 10.2. The maximum Gasteiger partial charge on any atom is 0.242 e. The number of carbonyl (C=O) groups excluding carboxylic acids is 1. The summed E-state index contributed by atoms with van der Waals surface area (Å²) in [7, 11) is -7.59. The maximum absolute atomic E-state index is 12.7. The van der Waals surface area contributed by atoms with E-state index in [0.717, 1.165) is 13.1 Å². The minimum atomic E-state index is -3.84. The highest BCUT2D eigenvalue weighted by Crippen LogP contribution is 2.28. The molecule has 2 aliphatic rings. The fourth-order valence-corrected chi connectivity index (χ4v) is 5.85. The van der Waals surface area contributed by atoms with Crippen LogP contribution >= 0.6 is 0 Å². The molecule has 2 fully saturated rings. The van der Waals surface area contributed by atoms with Gasteiger partial charge in [0.05, 0.1) is 29.5 Å². The first-order valence-corrected chi connectivity index (χ1v) is 11.8. The van der Waals surface area contributed by atoms with E-state index in [1.807, 2.05) is 0 Å². The lowest BCUT2D eigenvalue weighted by molar-refractivity contribution is -0.116. The molecule has 0 aliphatic carbocycles. The summed E-state index contributed by atoms with van der Waals surface area (Å²) in [5.41, 5.74) is 0.526. The Morgan fingerprint density at radius 3 is 2.56 bits per heavy atom. The average Bonchev–Trinajstić information content (AvgIpc) is 2.89. The zero-order valence-corrected chi connectivity index (χ0v) is 16.7. The first kappa shape index (κ1) is 20.2. The van der Waals surface area contributed by atoms with Crippen molar-refractivity contribution in [2.24, 2.45) is 0 Å². The topological polar surface area (TPSA) is 113 Å². The zero-order chi connectivity index (χ0) is 19.7. The minimum Gasteiger partial charge on any atom is -0.379 e. The Labute approximate surface area is 159 Å². The second-order valence-corrected chi connectivity index (χ2v) is 10.2. The molecule has 1 N–H and O–H groups in total. The summed E-state index contributed by atoms with van der Waals surface area (Å²) in [5, 5.41) is 0. The third-order valence-electron chi connectivity index (χ3n) is 4.60. The van der Waals surface area contributed by atoms with Crippen molar-refractivity contribution in [1.82, 2.24) is 9.62 Å². The Balaban J connectivity index is 1.77.